The highest BCUT2D eigenvalue weighted by Crippen LogP contribution is 2.39. The first kappa shape index (κ1) is 14.6. The predicted octanol–water partition coefficient (Wildman–Crippen LogP) is 4.05. The summed E-state index contributed by atoms with van der Waals surface area (Å²) in [7, 11) is 0. The Morgan fingerprint density at radius 1 is 0.889 bits per heavy atom. The Hall–Kier alpha value is -1.47. The Morgan fingerprint density at radius 3 is 1.67 bits per heavy atom. The standard InChI is InChI=1S/C10H7F7O/c1-2-3-18-9-7(13)5(11)4(10(15,16)17)6(12)8(9)14/h2-3H2,1H3. The van der Waals surface area contributed by atoms with Crippen molar-refractivity contribution in [2.75, 3.05) is 6.61 Å². The van der Waals surface area contributed by atoms with E-state index in [9.17, 15) is 30.7 Å². The highest BCUT2D eigenvalue weighted by Gasteiger charge is 2.42. The smallest absolute Gasteiger partial charge is 0.422 e. The molecule has 1 aromatic carbocycles. The predicted molar refractivity (Wildman–Crippen MR) is 47.1 cm³/mol. The van der Waals surface area contributed by atoms with E-state index in [4.69, 9.17) is 0 Å². The van der Waals surface area contributed by atoms with Gasteiger partial charge in [-0.15, -0.1) is 0 Å². The first-order valence-electron chi connectivity index (χ1n) is 4.77. The second-order valence-electron chi connectivity index (χ2n) is 3.31. The van der Waals surface area contributed by atoms with Crippen LogP contribution in [0, 0.1) is 23.3 Å². The molecular formula is C10H7F7O. The monoisotopic (exact) mass is 276 g/mol. The lowest BCUT2D eigenvalue weighted by atomic mass is 10.1. The number of benzene rings is 1. The Bertz CT molecular complexity index is 424. The van der Waals surface area contributed by atoms with E-state index in [0.29, 0.717) is 0 Å². The van der Waals surface area contributed by atoms with Crippen molar-refractivity contribution < 1.29 is 35.5 Å². The van der Waals surface area contributed by atoms with Crippen LogP contribution >= 0.6 is 0 Å². The van der Waals surface area contributed by atoms with Gasteiger partial charge in [0.25, 0.3) is 0 Å². The fraction of sp³-hybridized carbons (Fsp3) is 0.400. The first-order chi connectivity index (χ1) is 8.21. The van der Waals surface area contributed by atoms with Crippen molar-refractivity contribution in [2.45, 2.75) is 19.5 Å². The van der Waals surface area contributed by atoms with Crippen molar-refractivity contribution >= 4 is 0 Å². The fourth-order valence-corrected chi connectivity index (χ4v) is 1.19. The molecule has 0 saturated heterocycles. The summed E-state index contributed by atoms with van der Waals surface area (Å²) in [4.78, 5) is 0. The van der Waals surface area contributed by atoms with Crippen LogP contribution in [-0.2, 0) is 6.18 Å². The SMILES string of the molecule is CCCOc1c(F)c(F)c(C(F)(F)F)c(F)c1F. The Kier molecular flexibility index (Phi) is 4.08. The first-order valence-corrected chi connectivity index (χ1v) is 4.77. The van der Waals surface area contributed by atoms with Crippen LogP contribution in [0.15, 0.2) is 0 Å². The molecule has 0 atom stereocenters. The van der Waals surface area contributed by atoms with Gasteiger partial charge in [0, 0.05) is 0 Å². The minimum Gasteiger partial charge on any atom is -0.487 e. The van der Waals surface area contributed by atoms with Gasteiger partial charge >= 0.3 is 6.18 Å². The lowest BCUT2D eigenvalue weighted by Crippen LogP contribution is -2.16. The molecule has 1 nitrogen and oxygen atoms in total. The summed E-state index contributed by atoms with van der Waals surface area (Å²) in [6.07, 6.45) is -5.29. The number of rotatable bonds is 3. The number of halogens is 7. The maximum atomic E-state index is 13.1. The number of alkyl halides is 3. The van der Waals surface area contributed by atoms with Crippen LogP contribution in [0.5, 0.6) is 5.75 Å². The van der Waals surface area contributed by atoms with E-state index in [1.807, 2.05) is 0 Å². The molecule has 0 radical (unpaired) electrons. The second-order valence-corrected chi connectivity index (χ2v) is 3.31. The molecule has 18 heavy (non-hydrogen) atoms. The summed E-state index contributed by atoms with van der Waals surface area (Å²) in [5.74, 6) is -10.9. The van der Waals surface area contributed by atoms with Gasteiger partial charge in [-0.25, -0.2) is 8.78 Å². The number of hydrogen-bond donors (Lipinski definition) is 0. The van der Waals surface area contributed by atoms with Gasteiger partial charge < -0.3 is 4.74 Å². The maximum absolute atomic E-state index is 13.1. The molecule has 1 aromatic rings. The summed E-state index contributed by atoms with van der Waals surface area (Å²) in [6, 6.07) is 0. The summed E-state index contributed by atoms with van der Waals surface area (Å²) in [5.41, 5.74) is -2.61. The molecule has 8 heteroatoms. The zero-order valence-corrected chi connectivity index (χ0v) is 8.97. The van der Waals surface area contributed by atoms with E-state index < -0.39 is 40.8 Å². The molecule has 0 spiro atoms. The van der Waals surface area contributed by atoms with E-state index in [1.165, 1.54) is 6.92 Å². The molecule has 0 aromatic heterocycles. The van der Waals surface area contributed by atoms with Crippen molar-refractivity contribution in [1.82, 2.24) is 0 Å². The van der Waals surface area contributed by atoms with Gasteiger partial charge in [0.15, 0.2) is 17.4 Å². The highest BCUT2D eigenvalue weighted by molar-refractivity contribution is 5.35. The van der Waals surface area contributed by atoms with E-state index in [-0.39, 0.29) is 13.0 Å². The van der Waals surface area contributed by atoms with Crippen molar-refractivity contribution in [3.63, 3.8) is 0 Å². The molecule has 0 aliphatic rings. The largest absolute Gasteiger partial charge is 0.487 e. The molecule has 0 amide bonds. The zero-order chi connectivity index (χ0) is 14.1. The average Bonchev–Trinajstić information content (AvgIpc) is 2.25. The third-order valence-corrected chi connectivity index (χ3v) is 1.96. The van der Waals surface area contributed by atoms with E-state index in [1.54, 1.807) is 0 Å². The molecule has 0 aliphatic heterocycles. The van der Waals surface area contributed by atoms with Crippen molar-refractivity contribution in [1.29, 1.82) is 0 Å². The second kappa shape index (κ2) is 5.03. The third kappa shape index (κ3) is 2.51. The minimum atomic E-state index is -5.54. The van der Waals surface area contributed by atoms with Gasteiger partial charge in [0.1, 0.15) is 5.56 Å². The van der Waals surface area contributed by atoms with Gasteiger partial charge in [-0.05, 0) is 6.42 Å². The van der Waals surface area contributed by atoms with E-state index in [2.05, 4.69) is 4.74 Å². The van der Waals surface area contributed by atoms with Crippen molar-refractivity contribution in [3.8, 4) is 5.75 Å². The average molecular weight is 276 g/mol. The van der Waals surface area contributed by atoms with Gasteiger partial charge in [-0.1, -0.05) is 6.92 Å². The van der Waals surface area contributed by atoms with Crippen LogP contribution in [0.25, 0.3) is 0 Å². The van der Waals surface area contributed by atoms with Crippen LogP contribution in [0.3, 0.4) is 0 Å². The quantitative estimate of drug-likeness (QED) is 0.597. The lowest BCUT2D eigenvalue weighted by molar-refractivity contribution is -0.143. The Morgan fingerprint density at radius 2 is 1.33 bits per heavy atom. The van der Waals surface area contributed by atoms with Crippen LogP contribution < -0.4 is 4.74 Å². The molecule has 0 aliphatic carbocycles. The van der Waals surface area contributed by atoms with Crippen LogP contribution in [0.2, 0.25) is 0 Å². The van der Waals surface area contributed by atoms with E-state index in [0.717, 1.165) is 0 Å². The minimum absolute atomic E-state index is 0.253. The van der Waals surface area contributed by atoms with Crippen molar-refractivity contribution in [2.24, 2.45) is 0 Å². The zero-order valence-electron chi connectivity index (χ0n) is 8.97. The molecule has 0 fully saturated rings. The van der Waals surface area contributed by atoms with Crippen molar-refractivity contribution in [3.05, 3.63) is 28.8 Å². The molecular weight excluding hydrogens is 269 g/mol. The van der Waals surface area contributed by atoms with Crippen LogP contribution in [-0.4, -0.2) is 6.61 Å². The van der Waals surface area contributed by atoms with Gasteiger partial charge in [-0.3, -0.25) is 0 Å². The third-order valence-electron chi connectivity index (χ3n) is 1.96. The Labute approximate surface area is 97.2 Å². The van der Waals surface area contributed by atoms with Gasteiger partial charge in [0.2, 0.25) is 11.6 Å². The molecule has 102 valence electrons. The number of ether oxygens (including phenoxy) is 1. The summed E-state index contributed by atoms with van der Waals surface area (Å²) >= 11 is 0. The lowest BCUT2D eigenvalue weighted by Gasteiger charge is -2.14. The van der Waals surface area contributed by atoms with Crippen LogP contribution in [0.1, 0.15) is 18.9 Å². The maximum Gasteiger partial charge on any atom is 0.422 e. The van der Waals surface area contributed by atoms with E-state index >= 15 is 0 Å². The molecule has 0 unspecified atom stereocenters. The topological polar surface area (TPSA) is 9.23 Å². The molecule has 0 N–H and O–H groups in total. The summed E-state index contributed by atoms with van der Waals surface area (Å²) < 4.78 is 93.3. The van der Waals surface area contributed by atoms with Gasteiger partial charge in [-0.2, -0.15) is 22.0 Å². The Balaban J connectivity index is 3.46. The highest BCUT2D eigenvalue weighted by atomic mass is 19.4. The van der Waals surface area contributed by atoms with Gasteiger partial charge in [0.05, 0.1) is 6.61 Å². The fourth-order valence-electron chi connectivity index (χ4n) is 1.19. The molecule has 0 heterocycles. The molecule has 1 rings (SSSR count). The molecule has 0 bridgehead atoms. The summed E-state index contributed by atoms with van der Waals surface area (Å²) in [5, 5.41) is 0. The summed E-state index contributed by atoms with van der Waals surface area (Å²) in [6.45, 7) is 1.24. The molecule has 0 saturated carbocycles. The normalized spacial score (nSPS) is 11.8. The number of hydrogen-bond acceptors (Lipinski definition) is 1. The van der Waals surface area contributed by atoms with Crippen LogP contribution in [0.4, 0.5) is 30.7 Å².